The van der Waals surface area contributed by atoms with E-state index in [9.17, 15) is 15.0 Å². The molecule has 112 valence electrons. The van der Waals surface area contributed by atoms with E-state index in [0.29, 0.717) is 6.42 Å². The third-order valence-electron chi connectivity index (χ3n) is 5.21. The molecule has 0 aromatic rings. The van der Waals surface area contributed by atoms with Gasteiger partial charge in [-0.1, -0.05) is 6.92 Å². The van der Waals surface area contributed by atoms with Crippen LogP contribution in [0.4, 0.5) is 0 Å². The lowest BCUT2D eigenvalue weighted by atomic mass is 9.81. The summed E-state index contributed by atoms with van der Waals surface area (Å²) in [6, 6.07) is 0. The summed E-state index contributed by atoms with van der Waals surface area (Å²) >= 11 is 0. The van der Waals surface area contributed by atoms with Gasteiger partial charge in [-0.15, -0.1) is 0 Å². The number of aliphatic hydroxyl groups excluding tert-OH is 2. The number of aliphatic hydroxyl groups is 2. The lowest BCUT2D eigenvalue weighted by molar-refractivity contribution is -0.142. The molecule has 1 aliphatic carbocycles. The highest BCUT2D eigenvalue weighted by molar-refractivity contribution is 5.75. The molecule has 2 heterocycles. The van der Waals surface area contributed by atoms with Crippen molar-refractivity contribution in [3.8, 4) is 0 Å². The molecule has 7 unspecified atom stereocenters. The predicted octanol–water partition coefficient (Wildman–Crippen LogP) is 0.783. The second kappa shape index (κ2) is 4.55. The number of fused-ring (bicyclic) bond motifs is 2. The Balaban J connectivity index is 1.92. The highest BCUT2D eigenvalue weighted by atomic mass is 16.6. The van der Waals surface area contributed by atoms with E-state index in [0.717, 1.165) is 5.57 Å². The van der Waals surface area contributed by atoms with Crippen molar-refractivity contribution in [2.45, 2.75) is 63.6 Å². The van der Waals surface area contributed by atoms with Crippen LogP contribution >= 0.6 is 0 Å². The second-order valence-electron chi connectivity index (χ2n) is 6.56. The molecule has 5 heteroatoms. The minimum absolute atomic E-state index is 0.0433. The molecule has 2 aliphatic heterocycles. The van der Waals surface area contributed by atoms with Gasteiger partial charge in [0.2, 0.25) is 0 Å². The summed E-state index contributed by atoms with van der Waals surface area (Å²) in [5.74, 6) is -0.325. The predicted molar refractivity (Wildman–Crippen MR) is 70.8 cm³/mol. The van der Waals surface area contributed by atoms with E-state index in [4.69, 9.17) is 9.47 Å². The maximum Gasteiger partial charge on any atom is 0.309 e. The smallest absolute Gasteiger partial charge is 0.309 e. The Kier molecular flexibility index (Phi) is 3.19. The Morgan fingerprint density at radius 1 is 1.35 bits per heavy atom. The molecular formula is C15H22O5. The first kappa shape index (κ1) is 14.0. The van der Waals surface area contributed by atoms with Crippen LogP contribution in [0.1, 0.15) is 33.6 Å². The van der Waals surface area contributed by atoms with Crippen LogP contribution < -0.4 is 0 Å². The van der Waals surface area contributed by atoms with Crippen molar-refractivity contribution >= 4 is 5.97 Å². The number of rotatable bonds is 0. The molecule has 3 aliphatic rings. The summed E-state index contributed by atoms with van der Waals surface area (Å²) < 4.78 is 11.1. The minimum atomic E-state index is -0.736. The van der Waals surface area contributed by atoms with Crippen molar-refractivity contribution in [2.24, 2.45) is 11.8 Å². The standard InChI is InChI=1S/C15H22O5/c1-7-4-11-9(8(2)14(18)19-11)5-13-15(3,20-13)12(17)6-10(7)16/h4,8-13,16-17H,5-6H2,1-3H3. The van der Waals surface area contributed by atoms with Gasteiger partial charge in [-0.05, 0) is 31.9 Å². The normalized spacial score (nSPS) is 51.6. The summed E-state index contributed by atoms with van der Waals surface area (Å²) in [5, 5.41) is 20.4. The van der Waals surface area contributed by atoms with Crippen molar-refractivity contribution in [2.75, 3.05) is 0 Å². The molecule has 0 radical (unpaired) electrons. The van der Waals surface area contributed by atoms with Gasteiger partial charge in [-0.3, -0.25) is 4.79 Å². The average molecular weight is 282 g/mol. The van der Waals surface area contributed by atoms with Crippen molar-refractivity contribution < 1.29 is 24.5 Å². The molecule has 0 amide bonds. The van der Waals surface area contributed by atoms with E-state index < -0.39 is 17.8 Å². The molecule has 20 heavy (non-hydrogen) atoms. The van der Waals surface area contributed by atoms with Gasteiger partial charge in [0, 0.05) is 12.3 Å². The zero-order chi connectivity index (χ0) is 14.7. The van der Waals surface area contributed by atoms with Gasteiger partial charge in [-0.25, -0.2) is 0 Å². The van der Waals surface area contributed by atoms with E-state index >= 15 is 0 Å². The molecule has 3 rings (SSSR count). The molecule has 0 saturated carbocycles. The Hall–Kier alpha value is -0.910. The highest BCUT2D eigenvalue weighted by Gasteiger charge is 2.60. The first-order valence-electron chi connectivity index (χ1n) is 7.25. The van der Waals surface area contributed by atoms with Crippen LogP contribution in [0.5, 0.6) is 0 Å². The maximum absolute atomic E-state index is 11.8. The number of carbonyl (C=O) groups excluding carboxylic acids is 1. The molecule has 2 N–H and O–H groups in total. The number of ether oxygens (including phenoxy) is 2. The molecule has 0 aromatic heterocycles. The van der Waals surface area contributed by atoms with Gasteiger partial charge < -0.3 is 19.7 Å². The number of carbonyl (C=O) groups is 1. The van der Waals surface area contributed by atoms with E-state index in [1.807, 2.05) is 19.9 Å². The minimum Gasteiger partial charge on any atom is -0.458 e. The highest BCUT2D eigenvalue weighted by Crippen LogP contribution is 2.48. The van der Waals surface area contributed by atoms with Gasteiger partial charge >= 0.3 is 5.97 Å². The summed E-state index contributed by atoms with van der Waals surface area (Å²) in [6.07, 6.45) is 0.975. The zero-order valence-corrected chi connectivity index (χ0v) is 12.1. The molecule has 2 saturated heterocycles. The monoisotopic (exact) mass is 282 g/mol. The Morgan fingerprint density at radius 2 is 2.05 bits per heavy atom. The summed E-state index contributed by atoms with van der Waals surface area (Å²) in [5.41, 5.74) is 0.137. The molecule has 7 atom stereocenters. The van der Waals surface area contributed by atoms with Crippen LogP contribution in [0, 0.1) is 11.8 Å². The topological polar surface area (TPSA) is 79.3 Å². The molecule has 0 bridgehead atoms. The number of hydrogen-bond acceptors (Lipinski definition) is 5. The fraction of sp³-hybridized carbons (Fsp3) is 0.800. The maximum atomic E-state index is 11.8. The van der Waals surface area contributed by atoms with Gasteiger partial charge in [0.1, 0.15) is 11.7 Å². The summed E-state index contributed by atoms with van der Waals surface area (Å²) in [6.45, 7) is 5.54. The molecule has 5 nitrogen and oxygen atoms in total. The van der Waals surface area contributed by atoms with E-state index in [1.165, 1.54) is 0 Å². The van der Waals surface area contributed by atoms with Crippen LogP contribution in [0.2, 0.25) is 0 Å². The van der Waals surface area contributed by atoms with Crippen molar-refractivity contribution in [1.82, 2.24) is 0 Å². The fourth-order valence-corrected chi connectivity index (χ4v) is 3.38. The molecule has 0 aromatic carbocycles. The fourth-order valence-electron chi connectivity index (χ4n) is 3.38. The van der Waals surface area contributed by atoms with Crippen LogP contribution in [-0.2, 0) is 14.3 Å². The SMILES string of the molecule is CC1=CC2OC(=O)C(C)C2CC2OC2(C)C(O)CC1O. The van der Waals surface area contributed by atoms with E-state index in [1.54, 1.807) is 6.92 Å². The van der Waals surface area contributed by atoms with Gasteiger partial charge in [0.15, 0.2) is 0 Å². The number of esters is 1. The first-order chi connectivity index (χ1) is 9.33. The Morgan fingerprint density at radius 3 is 2.75 bits per heavy atom. The van der Waals surface area contributed by atoms with E-state index in [-0.39, 0.29) is 36.4 Å². The Labute approximate surface area is 118 Å². The number of epoxide rings is 1. The van der Waals surface area contributed by atoms with Crippen molar-refractivity contribution in [1.29, 1.82) is 0 Å². The molecule has 2 fully saturated rings. The second-order valence-corrected chi connectivity index (χ2v) is 6.56. The van der Waals surface area contributed by atoms with Gasteiger partial charge in [0.25, 0.3) is 0 Å². The lowest BCUT2D eigenvalue weighted by Crippen LogP contribution is -2.35. The molecular weight excluding hydrogens is 260 g/mol. The summed E-state index contributed by atoms with van der Waals surface area (Å²) in [7, 11) is 0. The number of hydrogen-bond donors (Lipinski definition) is 2. The van der Waals surface area contributed by atoms with Crippen LogP contribution in [-0.4, -0.2) is 46.2 Å². The van der Waals surface area contributed by atoms with Crippen LogP contribution in [0.3, 0.4) is 0 Å². The van der Waals surface area contributed by atoms with Crippen molar-refractivity contribution in [3.05, 3.63) is 11.6 Å². The van der Waals surface area contributed by atoms with Crippen molar-refractivity contribution in [3.63, 3.8) is 0 Å². The Bertz CT molecular complexity index is 459. The third kappa shape index (κ3) is 2.08. The van der Waals surface area contributed by atoms with Gasteiger partial charge in [-0.2, -0.15) is 0 Å². The van der Waals surface area contributed by atoms with E-state index in [2.05, 4.69) is 0 Å². The van der Waals surface area contributed by atoms with Gasteiger partial charge in [0.05, 0.1) is 24.2 Å². The quantitative estimate of drug-likeness (QED) is 0.390. The molecule has 0 spiro atoms. The van der Waals surface area contributed by atoms with Crippen LogP contribution in [0.15, 0.2) is 11.6 Å². The average Bonchev–Trinajstić information content (AvgIpc) is 2.97. The largest absolute Gasteiger partial charge is 0.458 e. The lowest BCUT2D eigenvalue weighted by Gasteiger charge is -2.24. The van der Waals surface area contributed by atoms with Crippen LogP contribution in [0.25, 0.3) is 0 Å². The summed E-state index contributed by atoms with van der Waals surface area (Å²) in [4.78, 5) is 11.8. The third-order valence-corrected chi connectivity index (χ3v) is 5.21. The first-order valence-corrected chi connectivity index (χ1v) is 7.25. The zero-order valence-electron chi connectivity index (χ0n) is 12.1.